The third-order valence-electron chi connectivity index (χ3n) is 13.2. The lowest BCUT2D eigenvalue weighted by molar-refractivity contribution is -0.110. The Labute approximate surface area is 265 Å². The van der Waals surface area contributed by atoms with E-state index in [1.165, 1.54) is 93.5 Å². The molecule has 2 saturated heterocycles. The van der Waals surface area contributed by atoms with E-state index in [4.69, 9.17) is 0 Å². The van der Waals surface area contributed by atoms with Crippen LogP contribution in [0.1, 0.15) is 81.8 Å². The van der Waals surface area contributed by atoms with Crippen LogP contribution in [-0.4, -0.2) is 36.5 Å². The van der Waals surface area contributed by atoms with Crippen LogP contribution in [0.3, 0.4) is 0 Å². The minimum atomic E-state index is -0.0103. The second-order valence-electron chi connectivity index (χ2n) is 15.2. The van der Waals surface area contributed by atoms with Crippen LogP contribution in [0.4, 0.5) is 0 Å². The summed E-state index contributed by atoms with van der Waals surface area (Å²) in [5.41, 5.74) is 8.02. The van der Waals surface area contributed by atoms with Crippen molar-refractivity contribution in [2.24, 2.45) is 35.0 Å². The summed E-state index contributed by atoms with van der Waals surface area (Å²) in [4.78, 5) is 0. The van der Waals surface area contributed by atoms with E-state index in [1.807, 2.05) is 0 Å². The van der Waals surface area contributed by atoms with Crippen molar-refractivity contribution in [1.82, 2.24) is 10.6 Å². The molecule has 6 fully saturated rings. The van der Waals surface area contributed by atoms with Crippen LogP contribution in [0.25, 0.3) is 11.1 Å². The Bertz CT molecular complexity index is 1310. The monoisotopic (exact) mass is 610 g/mol. The average Bonchev–Trinajstić information content (AvgIpc) is 3.48. The molecule has 4 saturated carbocycles. The van der Waals surface area contributed by atoms with E-state index in [0.29, 0.717) is 23.4 Å². The van der Waals surface area contributed by atoms with Crippen LogP contribution in [0.15, 0.2) is 72.3 Å². The summed E-state index contributed by atoms with van der Waals surface area (Å²) in [7, 11) is 6.99. The first-order valence-electron chi connectivity index (χ1n) is 17.7. The predicted octanol–water partition coefficient (Wildman–Crippen LogP) is 8.37. The van der Waals surface area contributed by atoms with E-state index < -0.39 is 0 Å². The maximum Gasteiger partial charge on any atom is 0.0371 e. The molecule has 4 heteroatoms. The molecule has 9 rings (SSSR count). The summed E-state index contributed by atoms with van der Waals surface area (Å²) in [6.45, 7) is 2.30. The largest absolute Gasteiger partial charge is 0.313 e. The van der Waals surface area contributed by atoms with E-state index in [-0.39, 0.29) is 5.16 Å². The topological polar surface area (TPSA) is 24.1 Å². The molecule has 0 aromatic heterocycles. The molecule has 2 N–H and O–H groups in total. The zero-order valence-electron chi connectivity index (χ0n) is 25.9. The molecule has 5 aliphatic carbocycles. The molecule has 0 radical (unpaired) electrons. The first kappa shape index (κ1) is 29.1. The van der Waals surface area contributed by atoms with Crippen molar-refractivity contribution in [1.29, 1.82) is 0 Å². The zero-order valence-corrected chi connectivity index (χ0v) is 28.3. The van der Waals surface area contributed by atoms with Gasteiger partial charge in [-0.2, -0.15) is 0 Å². The highest BCUT2D eigenvalue weighted by Gasteiger charge is 2.64. The van der Waals surface area contributed by atoms with Crippen molar-refractivity contribution < 1.29 is 0 Å². The van der Waals surface area contributed by atoms with Gasteiger partial charge in [0.05, 0.1) is 0 Å². The van der Waals surface area contributed by atoms with E-state index in [2.05, 4.69) is 95.9 Å². The average molecular weight is 611 g/mol. The Morgan fingerprint density at radius 3 is 1.72 bits per heavy atom. The second-order valence-corrected chi connectivity index (χ2v) is 16.5. The van der Waals surface area contributed by atoms with Crippen LogP contribution in [-0.2, 0) is 0 Å². The fraction of sp³-hybridized carbons (Fsp3) is 0.590. The molecule has 5 atom stereocenters. The number of benzene rings is 2. The molecule has 5 unspecified atom stereocenters. The summed E-state index contributed by atoms with van der Waals surface area (Å²) in [6.07, 6.45) is 19.2. The van der Waals surface area contributed by atoms with Gasteiger partial charge in [0, 0.05) is 23.2 Å². The summed E-state index contributed by atoms with van der Waals surface area (Å²) in [5.74, 6) is 4.05. The van der Waals surface area contributed by atoms with Crippen molar-refractivity contribution in [3.63, 3.8) is 0 Å². The van der Waals surface area contributed by atoms with Crippen LogP contribution in [0.2, 0.25) is 0 Å². The standard InChI is InChI=1S/C39H52N2P2/c42-25-38(30-20-26-19-27(22-30)23-31(38)21-26)37-33(39(43,34-15-7-9-17-40-34)35-16-8-10-18-41-35)24-32(28-11-3-1-4-12-28)36(37)29-13-5-2-6-14-29/h1-6,11-14,24,26-27,30-31,34-35,37,40-41H,7-10,15-23,25,42-43H2. The van der Waals surface area contributed by atoms with Gasteiger partial charge in [-0.3, -0.25) is 0 Å². The molecule has 2 aromatic rings. The number of hydrogen-bond acceptors (Lipinski definition) is 2. The molecule has 2 heterocycles. The number of rotatable bonds is 7. The van der Waals surface area contributed by atoms with Gasteiger partial charge in [-0.25, -0.2) is 0 Å². The quantitative estimate of drug-likeness (QED) is 0.308. The molecule has 228 valence electrons. The van der Waals surface area contributed by atoms with Gasteiger partial charge < -0.3 is 10.6 Å². The molecule has 0 spiro atoms. The van der Waals surface area contributed by atoms with Gasteiger partial charge in [-0.05, 0) is 134 Å². The lowest BCUT2D eigenvalue weighted by atomic mass is 9.41. The summed E-state index contributed by atoms with van der Waals surface area (Å²) in [5, 5.41) is 8.26. The van der Waals surface area contributed by atoms with Gasteiger partial charge in [0.25, 0.3) is 0 Å². The molecule has 2 aliphatic heterocycles. The lowest BCUT2D eigenvalue weighted by Gasteiger charge is -2.65. The fourth-order valence-corrected chi connectivity index (χ4v) is 13.2. The van der Waals surface area contributed by atoms with Gasteiger partial charge >= 0.3 is 0 Å². The minimum Gasteiger partial charge on any atom is -0.313 e. The van der Waals surface area contributed by atoms with Crippen LogP contribution < -0.4 is 10.6 Å². The summed E-state index contributed by atoms with van der Waals surface area (Å²) >= 11 is 0. The predicted molar refractivity (Wildman–Crippen MR) is 189 cm³/mol. The van der Waals surface area contributed by atoms with E-state index in [9.17, 15) is 0 Å². The highest BCUT2D eigenvalue weighted by Crippen LogP contribution is 2.71. The number of hydrogen-bond donors (Lipinski definition) is 2. The normalized spacial score (nSPS) is 38.7. The molecule has 2 nitrogen and oxygen atoms in total. The Hall–Kier alpha value is -1.30. The first-order chi connectivity index (χ1) is 21.1. The third-order valence-corrected chi connectivity index (χ3v) is 15.0. The zero-order chi connectivity index (χ0) is 29.0. The first-order valence-corrected chi connectivity index (χ1v) is 19.0. The molecule has 43 heavy (non-hydrogen) atoms. The smallest absolute Gasteiger partial charge is 0.0371 e. The van der Waals surface area contributed by atoms with Gasteiger partial charge in [-0.1, -0.05) is 79.6 Å². The molecular weight excluding hydrogens is 558 g/mol. The van der Waals surface area contributed by atoms with Gasteiger partial charge in [0.15, 0.2) is 0 Å². The highest BCUT2D eigenvalue weighted by molar-refractivity contribution is 7.19. The van der Waals surface area contributed by atoms with Crippen molar-refractivity contribution in [2.75, 3.05) is 19.3 Å². The molecule has 2 aromatic carbocycles. The molecular formula is C39H52N2P2. The van der Waals surface area contributed by atoms with Gasteiger partial charge in [-0.15, -0.1) is 18.5 Å². The molecule has 7 aliphatic rings. The van der Waals surface area contributed by atoms with Crippen molar-refractivity contribution in [3.05, 3.63) is 83.4 Å². The third kappa shape index (κ3) is 4.72. The van der Waals surface area contributed by atoms with E-state index in [1.54, 1.807) is 11.1 Å². The van der Waals surface area contributed by atoms with Crippen LogP contribution in [0.5, 0.6) is 0 Å². The Morgan fingerprint density at radius 1 is 0.698 bits per heavy atom. The Balaban J connectivity index is 1.38. The SMILES string of the molecule is PCC1(C2C(C(P)(C3CCCCN3)C3CCCCN3)=CC(c3ccccc3)=C2c2ccccc2)C2CC3CC(C2)CC1C3. The number of piperidine rings is 2. The Morgan fingerprint density at radius 2 is 1.23 bits per heavy atom. The maximum absolute atomic E-state index is 4.14. The molecule has 0 amide bonds. The minimum absolute atomic E-state index is 0.0103. The highest BCUT2D eigenvalue weighted by atomic mass is 31.0. The maximum atomic E-state index is 4.14. The summed E-state index contributed by atoms with van der Waals surface area (Å²) < 4.78 is 0. The van der Waals surface area contributed by atoms with Crippen molar-refractivity contribution in [3.8, 4) is 0 Å². The van der Waals surface area contributed by atoms with E-state index >= 15 is 0 Å². The lowest BCUT2D eigenvalue weighted by Crippen LogP contribution is -2.64. The molecule has 4 bridgehead atoms. The van der Waals surface area contributed by atoms with Crippen LogP contribution >= 0.6 is 18.5 Å². The van der Waals surface area contributed by atoms with Crippen molar-refractivity contribution in [2.45, 2.75) is 87.9 Å². The number of allylic oxidation sites excluding steroid dienone is 3. The Kier molecular flexibility index (Phi) is 8.00. The number of nitrogens with one attached hydrogen (secondary N) is 2. The van der Waals surface area contributed by atoms with E-state index in [0.717, 1.165) is 36.8 Å². The van der Waals surface area contributed by atoms with Gasteiger partial charge in [0.2, 0.25) is 0 Å². The van der Waals surface area contributed by atoms with Gasteiger partial charge in [0.1, 0.15) is 0 Å². The van der Waals surface area contributed by atoms with Crippen LogP contribution in [0, 0.1) is 35.0 Å². The summed E-state index contributed by atoms with van der Waals surface area (Å²) in [6, 6.07) is 24.0. The second kappa shape index (κ2) is 11.8. The fourth-order valence-electron chi connectivity index (χ4n) is 11.5. The van der Waals surface area contributed by atoms with Crippen molar-refractivity contribution >= 4 is 29.6 Å².